The van der Waals surface area contributed by atoms with Crippen LogP contribution in [0.25, 0.3) is 0 Å². The van der Waals surface area contributed by atoms with E-state index in [4.69, 9.17) is 9.47 Å². The van der Waals surface area contributed by atoms with E-state index in [0.29, 0.717) is 30.2 Å². The molecule has 1 aliphatic rings. The van der Waals surface area contributed by atoms with E-state index in [0.717, 1.165) is 22.9 Å². The van der Waals surface area contributed by atoms with Gasteiger partial charge in [0.05, 0.1) is 26.5 Å². The highest BCUT2D eigenvalue weighted by atomic mass is 32.2. The van der Waals surface area contributed by atoms with Crippen LogP contribution in [0, 0.1) is 0 Å². The maximum Gasteiger partial charge on any atom is 0.321 e. The third kappa shape index (κ3) is 5.69. The number of thioether (sulfide) groups is 1. The topological polar surface area (TPSA) is 88.2 Å². The van der Waals surface area contributed by atoms with Crippen molar-refractivity contribution >= 4 is 34.6 Å². The second-order valence-corrected chi connectivity index (χ2v) is 7.95. The van der Waals surface area contributed by atoms with Crippen LogP contribution >= 0.6 is 11.8 Å². The van der Waals surface area contributed by atoms with Crippen LogP contribution in [0.4, 0.5) is 15.3 Å². The summed E-state index contributed by atoms with van der Waals surface area (Å²) >= 11 is 1.02. The first-order valence-electron chi connectivity index (χ1n) is 9.70. The molecular weight excluding hydrogens is 418 g/mol. The van der Waals surface area contributed by atoms with Gasteiger partial charge in [0.25, 0.3) is 5.24 Å². The summed E-state index contributed by atoms with van der Waals surface area (Å²) in [6.45, 7) is 0.764. The average molecular weight is 444 g/mol. The molecule has 1 saturated heterocycles. The van der Waals surface area contributed by atoms with Gasteiger partial charge in [0, 0.05) is 19.3 Å². The van der Waals surface area contributed by atoms with E-state index in [2.05, 4.69) is 5.32 Å². The average Bonchev–Trinajstić information content (AvgIpc) is 3.10. The van der Waals surface area contributed by atoms with Crippen molar-refractivity contribution in [2.24, 2.45) is 0 Å². The van der Waals surface area contributed by atoms with Gasteiger partial charge >= 0.3 is 6.03 Å². The molecule has 0 bridgehead atoms. The quantitative estimate of drug-likeness (QED) is 0.671. The third-order valence-electron chi connectivity index (χ3n) is 4.92. The molecule has 4 amide bonds. The molecule has 0 unspecified atom stereocenters. The van der Waals surface area contributed by atoms with Crippen molar-refractivity contribution in [2.75, 3.05) is 38.9 Å². The van der Waals surface area contributed by atoms with Crippen molar-refractivity contribution in [3.05, 3.63) is 53.6 Å². The minimum absolute atomic E-state index is 0.177. The molecule has 3 rings (SSSR count). The molecule has 0 atom stereocenters. The lowest BCUT2D eigenvalue weighted by Gasteiger charge is -2.19. The van der Waals surface area contributed by atoms with Crippen molar-refractivity contribution in [1.82, 2.24) is 9.80 Å². The van der Waals surface area contributed by atoms with Crippen molar-refractivity contribution < 1.29 is 23.9 Å². The molecule has 1 heterocycles. The van der Waals surface area contributed by atoms with Crippen LogP contribution in [0.2, 0.25) is 0 Å². The van der Waals surface area contributed by atoms with Gasteiger partial charge in [-0.3, -0.25) is 14.5 Å². The number of rotatable bonds is 8. The number of benzene rings is 2. The number of hydrogen-bond acceptors (Lipinski definition) is 6. The number of hydrogen-bond donors (Lipinski definition) is 1. The van der Waals surface area contributed by atoms with E-state index in [1.54, 1.807) is 50.4 Å². The molecule has 1 N–H and O–H groups in total. The molecule has 164 valence electrons. The molecule has 1 fully saturated rings. The predicted molar refractivity (Wildman–Crippen MR) is 120 cm³/mol. The summed E-state index contributed by atoms with van der Waals surface area (Å²) < 4.78 is 10.6. The molecule has 0 spiro atoms. The highest BCUT2D eigenvalue weighted by Crippen LogP contribution is 2.27. The minimum atomic E-state index is -0.227. The van der Waals surface area contributed by atoms with Crippen molar-refractivity contribution in [1.29, 1.82) is 0 Å². The van der Waals surface area contributed by atoms with E-state index in [-0.39, 0.29) is 29.5 Å². The number of carbonyl (C=O) groups is 3. The molecule has 31 heavy (non-hydrogen) atoms. The highest BCUT2D eigenvalue weighted by Gasteiger charge is 2.29. The summed E-state index contributed by atoms with van der Waals surface area (Å²) in [5.74, 6) is 1.34. The second kappa shape index (κ2) is 10.2. The van der Waals surface area contributed by atoms with E-state index >= 15 is 0 Å². The van der Waals surface area contributed by atoms with Gasteiger partial charge < -0.3 is 19.7 Å². The first kappa shape index (κ1) is 22.5. The Morgan fingerprint density at radius 1 is 1.06 bits per heavy atom. The minimum Gasteiger partial charge on any atom is -0.493 e. The van der Waals surface area contributed by atoms with E-state index in [1.807, 2.05) is 18.2 Å². The molecule has 2 aromatic carbocycles. The van der Waals surface area contributed by atoms with Crippen molar-refractivity contribution in [3.63, 3.8) is 0 Å². The van der Waals surface area contributed by atoms with Crippen LogP contribution in [-0.4, -0.2) is 60.5 Å². The van der Waals surface area contributed by atoms with Gasteiger partial charge in [-0.1, -0.05) is 30.0 Å². The lowest BCUT2D eigenvalue weighted by atomic mass is 10.1. The summed E-state index contributed by atoms with van der Waals surface area (Å²) in [5.41, 5.74) is 2.50. The van der Waals surface area contributed by atoms with Gasteiger partial charge in [-0.2, -0.15) is 0 Å². The normalized spacial score (nSPS) is 13.3. The first-order chi connectivity index (χ1) is 14.9. The summed E-state index contributed by atoms with van der Waals surface area (Å²) in [4.78, 5) is 38.7. The number of imide groups is 1. The monoisotopic (exact) mass is 443 g/mol. The SMILES string of the molecule is COc1ccc(CCN(C)C(=O)Nc2ccc(CN3C(=O)CSC3=O)cc2)cc1OC. The number of nitrogens with one attached hydrogen (secondary N) is 1. The van der Waals surface area contributed by atoms with Crippen molar-refractivity contribution in [2.45, 2.75) is 13.0 Å². The third-order valence-corrected chi connectivity index (χ3v) is 5.78. The number of anilines is 1. The number of nitrogens with zero attached hydrogens (tertiary/aromatic N) is 2. The fourth-order valence-corrected chi connectivity index (χ4v) is 3.79. The molecule has 0 aliphatic carbocycles. The summed E-state index contributed by atoms with van der Waals surface area (Å²) in [6, 6.07) is 12.6. The number of carbonyl (C=O) groups excluding carboxylic acids is 3. The lowest BCUT2D eigenvalue weighted by molar-refractivity contribution is -0.125. The standard InChI is InChI=1S/C22H25N3O5S/c1-24(11-10-15-6-9-18(29-2)19(12-15)30-3)21(27)23-17-7-4-16(5-8-17)13-25-20(26)14-31-22(25)28/h4-9,12H,10-11,13-14H2,1-3H3,(H,23,27). The summed E-state index contributed by atoms with van der Waals surface area (Å²) in [5, 5.41) is 2.62. The maximum absolute atomic E-state index is 12.5. The van der Waals surface area contributed by atoms with Gasteiger partial charge in [-0.15, -0.1) is 0 Å². The first-order valence-corrected chi connectivity index (χ1v) is 10.7. The Kier molecular flexibility index (Phi) is 7.41. The number of likely N-dealkylation sites (N-methyl/N-ethyl adjacent to an activating group) is 1. The number of methoxy groups -OCH3 is 2. The number of urea groups is 1. The Hall–Kier alpha value is -3.20. The molecule has 8 nitrogen and oxygen atoms in total. The van der Waals surface area contributed by atoms with Gasteiger partial charge in [-0.05, 0) is 41.8 Å². The molecule has 0 aromatic heterocycles. The Morgan fingerprint density at radius 2 is 1.74 bits per heavy atom. The van der Waals surface area contributed by atoms with Crippen molar-refractivity contribution in [3.8, 4) is 11.5 Å². The zero-order valence-corrected chi connectivity index (χ0v) is 18.5. The molecule has 9 heteroatoms. The molecule has 2 aromatic rings. The molecule has 1 aliphatic heterocycles. The van der Waals surface area contributed by atoms with E-state index < -0.39 is 0 Å². The lowest BCUT2D eigenvalue weighted by Crippen LogP contribution is -2.33. The predicted octanol–water partition coefficient (Wildman–Crippen LogP) is 3.61. The zero-order chi connectivity index (χ0) is 22.4. The van der Waals surface area contributed by atoms with Crippen LogP contribution in [0.5, 0.6) is 11.5 Å². The van der Waals surface area contributed by atoms with Crippen LogP contribution in [0.15, 0.2) is 42.5 Å². The summed E-state index contributed by atoms with van der Waals surface area (Å²) in [7, 11) is 4.91. The van der Waals surface area contributed by atoms with Crippen LogP contribution in [0.1, 0.15) is 11.1 Å². The smallest absolute Gasteiger partial charge is 0.321 e. The zero-order valence-electron chi connectivity index (χ0n) is 17.7. The Bertz CT molecular complexity index is 948. The van der Waals surface area contributed by atoms with Gasteiger partial charge in [0.15, 0.2) is 11.5 Å². The van der Waals surface area contributed by atoms with Crippen LogP contribution in [-0.2, 0) is 17.8 Å². The van der Waals surface area contributed by atoms with Crippen LogP contribution in [0.3, 0.4) is 0 Å². The fourth-order valence-electron chi connectivity index (χ4n) is 3.06. The van der Waals surface area contributed by atoms with Gasteiger partial charge in [0.2, 0.25) is 5.91 Å². The second-order valence-electron chi connectivity index (χ2n) is 7.02. The van der Waals surface area contributed by atoms with Gasteiger partial charge in [-0.25, -0.2) is 4.79 Å². The molecule has 0 radical (unpaired) electrons. The molecule has 0 saturated carbocycles. The summed E-state index contributed by atoms with van der Waals surface area (Å²) in [6.07, 6.45) is 0.666. The Labute approximate surface area is 185 Å². The van der Waals surface area contributed by atoms with Crippen LogP contribution < -0.4 is 14.8 Å². The van der Waals surface area contributed by atoms with E-state index in [1.165, 1.54) is 4.90 Å². The fraction of sp³-hybridized carbons (Fsp3) is 0.318. The highest BCUT2D eigenvalue weighted by molar-refractivity contribution is 8.14. The Balaban J connectivity index is 1.51. The maximum atomic E-state index is 12.5. The largest absolute Gasteiger partial charge is 0.493 e. The Morgan fingerprint density at radius 3 is 2.35 bits per heavy atom. The number of ether oxygens (including phenoxy) is 2. The van der Waals surface area contributed by atoms with E-state index in [9.17, 15) is 14.4 Å². The molecular formula is C22H25N3O5S. The number of amides is 4. The van der Waals surface area contributed by atoms with Gasteiger partial charge in [0.1, 0.15) is 0 Å².